The van der Waals surface area contributed by atoms with Crippen LogP contribution in [0, 0.1) is 5.92 Å². The quantitative estimate of drug-likeness (QED) is 0.791. The number of nitrogens with zero attached hydrogens (tertiary/aromatic N) is 1. The number of nitrogens with one attached hydrogen (secondary N) is 1. The Morgan fingerprint density at radius 3 is 2.68 bits per heavy atom. The Morgan fingerprint density at radius 2 is 2.11 bits per heavy atom. The first-order valence-corrected chi connectivity index (χ1v) is 8.92. The summed E-state index contributed by atoms with van der Waals surface area (Å²) in [5.41, 5.74) is 0. The lowest BCUT2D eigenvalue weighted by atomic mass is 10.2. The van der Waals surface area contributed by atoms with Gasteiger partial charge in [-0.1, -0.05) is 6.92 Å². The minimum atomic E-state index is -3.47. The van der Waals surface area contributed by atoms with Crippen LogP contribution in [0.2, 0.25) is 0 Å². The summed E-state index contributed by atoms with van der Waals surface area (Å²) >= 11 is 1.82. The molecule has 1 heterocycles. The maximum absolute atomic E-state index is 11.8. The molecular formula is C12H22N2O3S2. The number of rotatable bonds is 8. The van der Waals surface area contributed by atoms with Crippen LogP contribution in [0.3, 0.4) is 0 Å². The molecule has 1 rings (SSSR count). The molecule has 1 N–H and O–H groups in total. The van der Waals surface area contributed by atoms with E-state index >= 15 is 0 Å². The van der Waals surface area contributed by atoms with Crippen molar-refractivity contribution in [2.75, 3.05) is 32.6 Å². The van der Waals surface area contributed by atoms with Crippen molar-refractivity contribution in [1.82, 2.24) is 9.62 Å². The zero-order chi connectivity index (χ0) is 14.5. The molecule has 0 fully saturated rings. The third-order valence-electron chi connectivity index (χ3n) is 2.62. The van der Waals surface area contributed by atoms with E-state index in [1.54, 1.807) is 6.07 Å². The van der Waals surface area contributed by atoms with Gasteiger partial charge in [-0.2, -0.15) is 11.8 Å². The molecule has 0 saturated heterocycles. The van der Waals surface area contributed by atoms with E-state index in [0.717, 1.165) is 16.6 Å². The fraction of sp³-hybridized carbons (Fsp3) is 0.667. The van der Waals surface area contributed by atoms with Crippen LogP contribution >= 0.6 is 11.8 Å². The SMILES string of the molecule is CSCC(C)CNCc1ccc(S(=O)(=O)N(C)C)o1. The van der Waals surface area contributed by atoms with Crippen molar-refractivity contribution in [3.63, 3.8) is 0 Å². The highest BCUT2D eigenvalue weighted by molar-refractivity contribution is 7.98. The van der Waals surface area contributed by atoms with Gasteiger partial charge >= 0.3 is 0 Å². The van der Waals surface area contributed by atoms with E-state index in [-0.39, 0.29) is 5.09 Å². The maximum atomic E-state index is 11.8. The second-order valence-corrected chi connectivity index (χ2v) is 7.69. The minimum Gasteiger partial charge on any atom is -0.447 e. The van der Waals surface area contributed by atoms with E-state index in [0.29, 0.717) is 18.2 Å². The molecule has 0 saturated carbocycles. The Balaban J connectivity index is 2.52. The van der Waals surface area contributed by atoms with Gasteiger partial charge < -0.3 is 9.73 Å². The molecule has 1 unspecified atom stereocenters. The highest BCUT2D eigenvalue weighted by Gasteiger charge is 2.21. The van der Waals surface area contributed by atoms with Crippen molar-refractivity contribution in [3.8, 4) is 0 Å². The van der Waals surface area contributed by atoms with E-state index in [4.69, 9.17) is 4.42 Å². The smallest absolute Gasteiger partial charge is 0.275 e. The minimum absolute atomic E-state index is 0.00791. The van der Waals surface area contributed by atoms with Crippen LogP contribution in [0.5, 0.6) is 0 Å². The molecule has 0 aliphatic rings. The summed E-state index contributed by atoms with van der Waals surface area (Å²) in [6, 6.07) is 3.19. The van der Waals surface area contributed by atoms with Crippen LogP contribution in [0.4, 0.5) is 0 Å². The van der Waals surface area contributed by atoms with E-state index in [9.17, 15) is 8.42 Å². The number of hydrogen-bond acceptors (Lipinski definition) is 5. The third kappa shape index (κ3) is 4.83. The molecule has 19 heavy (non-hydrogen) atoms. The number of hydrogen-bond donors (Lipinski definition) is 1. The third-order valence-corrected chi connectivity index (χ3v) is 5.21. The standard InChI is InChI=1S/C12H22N2O3S2/c1-10(9-18-4)7-13-8-11-5-6-12(17-11)19(15,16)14(2)3/h5-6,10,13H,7-9H2,1-4H3. The van der Waals surface area contributed by atoms with Gasteiger partial charge in [0.05, 0.1) is 6.54 Å². The largest absolute Gasteiger partial charge is 0.447 e. The van der Waals surface area contributed by atoms with Crippen molar-refractivity contribution in [1.29, 1.82) is 0 Å². The number of furan rings is 1. The van der Waals surface area contributed by atoms with Crippen LogP contribution in [-0.2, 0) is 16.6 Å². The molecule has 0 aliphatic heterocycles. The molecule has 0 aliphatic carbocycles. The van der Waals surface area contributed by atoms with Crippen LogP contribution in [0.15, 0.2) is 21.6 Å². The molecular weight excluding hydrogens is 284 g/mol. The van der Waals surface area contributed by atoms with Crippen molar-refractivity contribution in [2.45, 2.75) is 18.6 Å². The van der Waals surface area contributed by atoms with Crippen molar-refractivity contribution in [3.05, 3.63) is 17.9 Å². The van der Waals surface area contributed by atoms with Crippen LogP contribution in [0.1, 0.15) is 12.7 Å². The predicted molar refractivity (Wildman–Crippen MR) is 78.8 cm³/mol. The van der Waals surface area contributed by atoms with Crippen molar-refractivity contribution in [2.24, 2.45) is 5.92 Å². The molecule has 110 valence electrons. The Bertz CT molecular complexity index is 483. The first-order valence-electron chi connectivity index (χ1n) is 6.08. The zero-order valence-corrected chi connectivity index (χ0v) is 13.5. The monoisotopic (exact) mass is 306 g/mol. The summed E-state index contributed by atoms with van der Waals surface area (Å²) in [5, 5.41) is 3.26. The molecule has 1 aromatic heterocycles. The summed E-state index contributed by atoms with van der Waals surface area (Å²) in [4.78, 5) is 0. The summed E-state index contributed by atoms with van der Waals surface area (Å²) in [5.74, 6) is 2.32. The van der Waals surface area contributed by atoms with E-state index in [1.165, 1.54) is 20.2 Å². The average molecular weight is 306 g/mol. The van der Waals surface area contributed by atoms with Gasteiger partial charge in [0.15, 0.2) is 0 Å². The van der Waals surface area contributed by atoms with Crippen LogP contribution < -0.4 is 5.32 Å². The molecule has 0 radical (unpaired) electrons. The van der Waals surface area contributed by atoms with Gasteiger partial charge in [-0.25, -0.2) is 12.7 Å². The molecule has 7 heteroatoms. The molecule has 0 amide bonds. The van der Waals surface area contributed by atoms with Gasteiger partial charge in [-0.3, -0.25) is 0 Å². The fourth-order valence-electron chi connectivity index (χ4n) is 1.56. The van der Waals surface area contributed by atoms with Gasteiger partial charge in [-0.05, 0) is 36.6 Å². The predicted octanol–water partition coefficient (Wildman–Crippen LogP) is 1.62. The molecule has 1 aromatic rings. The molecule has 1 atom stereocenters. The first kappa shape index (κ1) is 16.6. The first-order chi connectivity index (χ1) is 8.87. The number of sulfonamides is 1. The highest BCUT2D eigenvalue weighted by atomic mass is 32.2. The Morgan fingerprint density at radius 1 is 1.42 bits per heavy atom. The van der Waals surface area contributed by atoms with E-state index < -0.39 is 10.0 Å². The summed E-state index contributed by atoms with van der Waals surface area (Å²) in [6.45, 7) is 3.60. The Hall–Kier alpha value is -0.500. The van der Waals surface area contributed by atoms with E-state index in [1.807, 2.05) is 11.8 Å². The summed E-state index contributed by atoms with van der Waals surface area (Å²) < 4.78 is 30.1. The highest BCUT2D eigenvalue weighted by Crippen LogP contribution is 2.16. The normalized spacial score (nSPS) is 13.9. The second kappa shape index (κ2) is 7.33. The van der Waals surface area contributed by atoms with E-state index in [2.05, 4.69) is 18.5 Å². The van der Waals surface area contributed by atoms with Gasteiger partial charge in [0.1, 0.15) is 5.76 Å². The van der Waals surface area contributed by atoms with Crippen molar-refractivity contribution < 1.29 is 12.8 Å². The lowest BCUT2D eigenvalue weighted by Gasteiger charge is -2.10. The fourth-order valence-corrected chi connectivity index (χ4v) is 3.06. The molecule has 5 nitrogen and oxygen atoms in total. The van der Waals surface area contributed by atoms with Gasteiger partial charge in [-0.15, -0.1) is 0 Å². The van der Waals surface area contributed by atoms with Gasteiger partial charge in [0.25, 0.3) is 10.0 Å². The zero-order valence-electron chi connectivity index (χ0n) is 11.8. The maximum Gasteiger partial charge on any atom is 0.275 e. The van der Waals surface area contributed by atoms with Crippen LogP contribution in [0.25, 0.3) is 0 Å². The average Bonchev–Trinajstić information content (AvgIpc) is 2.78. The molecule has 0 bridgehead atoms. The molecule has 0 aromatic carbocycles. The van der Waals surface area contributed by atoms with Gasteiger partial charge in [0.2, 0.25) is 5.09 Å². The van der Waals surface area contributed by atoms with Crippen LogP contribution in [-0.4, -0.2) is 45.4 Å². The summed E-state index contributed by atoms with van der Waals surface area (Å²) in [7, 11) is -0.499. The number of thioether (sulfide) groups is 1. The topological polar surface area (TPSA) is 62.6 Å². The van der Waals surface area contributed by atoms with Gasteiger partial charge in [0, 0.05) is 14.1 Å². The second-order valence-electron chi connectivity index (χ2n) is 4.70. The molecule has 0 spiro atoms. The Kier molecular flexibility index (Phi) is 6.38. The Labute approximate surface area is 119 Å². The lowest BCUT2D eigenvalue weighted by Crippen LogP contribution is -2.22. The van der Waals surface area contributed by atoms with Crippen molar-refractivity contribution >= 4 is 21.8 Å². The lowest BCUT2D eigenvalue weighted by molar-refractivity contribution is 0.385. The summed E-state index contributed by atoms with van der Waals surface area (Å²) in [6.07, 6.45) is 2.08.